The lowest BCUT2D eigenvalue weighted by Crippen LogP contribution is -2.41. The molecule has 2 amide bonds. The van der Waals surface area contributed by atoms with Crippen molar-refractivity contribution in [3.8, 4) is 0 Å². The first kappa shape index (κ1) is 30.2. The van der Waals surface area contributed by atoms with Gasteiger partial charge in [-0.3, -0.25) is 4.79 Å². The van der Waals surface area contributed by atoms with Crippen LogP contribution in [-0.4, -0.2) is 42.1 Å². The van der Waals surface area contributed by atoms with Crippen molar-refractivity contribution in [3.63, 3.8) is 0 Å². The maximum absolute atomic E-state index is 12.4. The lowest BCUT2D eigenvalue weighted by Gasteiger charge is -2.33. The fourth-order valence-corrected chi connectivity index (χ4v) is 4.67. The minimum atomic E-state index is -0.447. The van der Waals surface area contributed by atoms with Crippen molar-refractivity contribution in [1.82, 2.24) is 10.2 Å². The van der Waals surface area contributed by atoms with Gasteiger partial charge in [-0.2, -0.15) is 0 Å². The van der Waals surface area contributed by atoms with E-state index >= 15 is 0 Å². The summed E-state index contributed by atoms with van der Waals surface area (Å²) in [6, 6.07) is 7.91. The van der Waals surface area contributed by atoms with Crippen LogP contribution in [0.5, 0.6) is 0 Å². The van der Waals surface area contributed by atoms with Gasteiger partial charge in [0.2, 0.25) is 0 Å². The second-order valence-electron chi connectivity index (χ2n) is 11.4. The summed E-state index contributed by atoms with van der Waals surface area (Å²) < 4.78 is 5.48. The number of carbonyl (C=O) groups is 2. The van der Waals surface area contributed by atoms with Gasteiger partial charge < -0.3 is 15.0 Å². The van der Waals surface area contributed by atoms with Crippen LogP contribution in [0, 0.1) is 12.3 Å². The summed E-state index contributed by atoms with van der Waals surface area (Å²) in [5.74, 6) is 0.597. The molecule has 0 aromatic heterocycles. The highest BCUT2D eigenvalue weighted by Crippen LogP contribution is 2.25. The van der Waals surface area contributed by atoms with Gasteiger partial charge in [-0.25, -0.2) is 4.79 Å². The molecule has 1 heterocycles. The monoisotopic (exact) mass is 499 g/mol. The van der Waals surface area contributed by atoms with Crippen LogP contribution in [0.4, 0.5) is 4.79 Å². The Hall–Kier alpha value is -2.04. The van der Waals surface area contributed by atoms with Gasteiger partial charge in [-0.05, 0) is 76.5 Å². The van der Waals surface area contributed by atoms with Crippen LogP contribution >= 0.6 is 0 Å². The average molecular weight is 500 g/mol. The van der Waals surface area contributed by atoms with Gasteiger partial charge in [-0.1, -0.05) is 76.8 Å². The van der Waals surface area contributed by atoms with Crippen LogP contribution in [0.3, 0.4) is 0 Å². The van der Waals surface area contributed by atoms with Crippen LogP contribution in [0.1, 0.15) is 127 Å². The van der Waals surface area contributed by atoms with Crippen molar-refractivity contribution in [2.75, 3.05) is 19.6 Å². The summed E-state index contributed by atoms with van der Waals surface area (Å²) in [6.45, 7) is 10.2. The normalized spacial score (nSPS) is 14.6. The molecule has 1 aliphatic heterocycles. The molecule has 5 nitrogen and oxygen atoms in total. The molecule has 1 N–H and O–H groups in total. The zero-order chi connectivity index (χ0) is 26.2. The lowest BCUT2D eigenvalue weighted by atomic mass is 9.90. The van der Waals surface area contributed by atoms with Gasteiger partial charge in [0.1, 0.15) is 5.60 Å². The Morgan fingerprint density at radius 3 is 2.03 bits per heavy atom. The molecule has 1 radical (unpaired) electrons. The molecule has 0 atom stereocenters. The Kier molecular flexibility index (Phi) is 14.0. The third-order valence-corrected chi connectivity index (χ3v) is 6.94. The number of benzene rings is 1. The van der Waals surface area contributed by atoms with E-state index in [4.69, 9.17) is 4.74 Å². The largest absolute Gasteiger partial charge is 0.444 e. The lowest BCUT2D eigenvalue weighted by molar-refractivity contribution is 0.0184. The third kappa shape index (κ3) is 12.8. The van der Waals surface area contributed by atoms with Crippen molar-refractivity contribution in [2.24, 2.45) is 5.92 Å². The smallest absolute Gasteiger partial charge is 0.410 e. The first-order valence-electron chi connectivity index (χ1n) is 14.5. The number of hydrogen-bond donors (Lipinski definition) is 1. The number of likely N-dealkylation sites (tertiary alicyclic amines) is 1. The van der Waals surface area contributed by atoms with E-state index in [9.17, 15) is 9.59 Å². The second kappa shape index (κ2) is 16.7. The number of nitrogens with zero attached hydrogens (tertiary/aromatic N) is 1. The molecular formula is C31H51N2O3. The van der Waals surface area contributed by atoms with Crippen molar-refractivity contribution in [2.45, 2.75) is 117 Å². The number of unbranched alkanes of at least 4 members (excludes halogenated alkanes) is 9. The summed E-state index contributed by atoms with van der Waals surface area (Å²) >= 11 is 0. The van der Waals surface area contributed by atoms with E-state index in [1.807, 2.05) is 49.9 Å². The van der Waals surface area contributed by atoms with Gasteiger partial charge in [0.15, 0.2) is 0 Å². The van der Waals surface area contributed by atoms with E-state index in [-0.39, 0.29) is 12.0 Å². The fourth-order valence-electron chi connectivity index (χ4n) is 4.67. The van der Waals surface area contributed by atoms with Crippen LogP contribution in [0.25, 0.3) is 0 Å². The third-order valence-electron chi connectivity index (χ3n) is 6.94. The molecule has 1 fully saturated rings. The molecule has 0 aliphatic carbocycles. The Morgan fingerprint density at radius 1 is 0.917 bits per heavy atom. The molecule has 1 saturated heterocycles. The SMILES string of the molecule is CCCCCCCCCCCCNC(=O)c1ccc([CH]CC2CCN(C(=O)OC(C)(C)C)CC2)cc1. The molecule has 1 aliphatic rings. The molecule has 36 heavy (non-hydrogen) atoms. The number of carbonyl (C=O) groups excluding carboxylic acids is 2. The summed E-state index contributed by atoms with van der Waals surface area (Å²) in [4.78, 5) is 26.5. The molecular weight excluding hydrogens is 448 g/mol. The van der Waals surface area contributed by atoms with Gasteiger partial charge in [-0.15, -0.1) is 0 Å². The Morgan fingerprint density at radius 2 is 1.47 bits per heavy atom. The predicted molar refractivity (Wildman–Crippen MR) is 149 cm³/mol. The zero-order valence-electron chi connectivity index (χ0n) is 23.4. The first-order valence-corrected chi connectivity index (χ1v) is 14.5. The maximum atomic E-state index is 12.4. The van der Waals surface area contributed by atoms with E-state index < -0.39 is 5.60 Å². The molecule has 2 rings (SSSR count). The summed E-state index contributed by atoms with van der Waals surface area (Å²) in [6.07, 6.45) is 18.1. The Labute approximate surface area is 220 Å². The molecule has 1 aromatic rings. The molecule has 0 unspecified atom stereocenters. The maximum Gasteiger partial charge on any atom is 0.410 e. The van der Waals surface area contributed by atoms with Gasteiger partial charge in [0.05, 0.1) is 0 Å². The predicted octanol–water partition coefficient (Wildman–Crippen LogP) is 7.93. The van der Waals surface area contributed by atoms with E-state index in [0.717, 1.165) is 56.4 Å². The van der Waals surface area contributed by atoms with Crippen molar-refractivity contribution in [3.05, 3.63) is 41.8 Å². The number of amides is 2. The Bertz CT molecular complexity index is 746. The van der Waals surface area contributed by atoms with E-state index in [2.05, 4.69) is 18.7 Å². The van der Waals surface area contributed by atoms with Crippen molar-refractivity contribution >= 4 is 12.0 Å². The van der Waals surface area contributed by atoms with Crippen LogP contribution in [0.2, 0.25) is 0 Å². The minimum Gasteiger partial charge on any atom is -0.444 e. The van der Waals surface area contributed by atoms with Gasteiger partial charge >= 0.3 is 6.09 Å². The second-order valence-corrected chi connectivity index (χ2v) is 11.4. The molecule has 0 bridgehead atoms. The first-order chi connectivity index (χ1) is 17.3. The summed E-state index contributed by atoms with van der Waals surface area (Å²) in [7, 11) is 0. The Balaban J connectivity index is 1.55. The van der Waals surface area contributed by atoms with Crippen molar-refractivity contribution < 1.29 is 14.3 Å². The van der Waals surface area contributed by atoms with Crippen molar-refractivity contribution in [1.29, 1.82) is 0 Å². The average Bonchev–Trinajstić information content (AvgIpc) is 2.85. The standard InChI is InChI=1S/C31H51N2O3/c1-5-6-7-8-9-10-11-12-13-14-23-32-29(34)28-19-17-26(18-20-28)15-16-27-21-24-33(25-22-27)30(35)36-31(2,3)4/h15,17-20,27H,5-14,16,21-25H2,1-4H3,(H,32,34). The number of rotatable bonds is 15. The van der Waals surface area contributed by atoms with E-state index in [1.54, 1.807) is 0 Å². The highest BCUT2D eigenvalue weighted by molar-refractivity contribution is 5.94. The van der Waals surface area contributed by atoms with Gasteiger partial charge in [0.25, 0.3) is 5.91 Å². The fraction of sp³-hybridized carbons (Fsp3) is 0.710. The van der Waals surface area contributed by atoms with Crippen LogP contribution < -0.4 is 5.32 Å². The topological polar surface area (TPSA) is 58.6 Å². The minimum absolute atomic E-state index is 0.0204. The van der Waals surface area contributed by atoms with E-state index in [0.29, 0.717) is 5.92 Å². The van der Waals surface area contributed by atoms with Crippen LogP contribution in [0.15, 0.2) is 24.3 Å². The highest BCUT2D eigenvalue weighted by Gasteiger charge is 2.26. The molecule has 5 heteroatoms. The number of nitrogens with one attached hydrogen (secondary N) is 1. The number of ether oxygens (including phenoxy) is 1. The molecule has 203 valence electrons. The summed E-state index contributed by atoms with van der Waals surface area (Å²) in [5, 5.41) is 3.06. The molecule has 1 aromatic carbocycles. The summed E-state index contributed by atoms with van der Waals surface area (Å²) in [5.41, 5.74) is 1.43. The number of hydrogen-bond acceptors (Lipinski definition) is 3. The highest BCUT2D eigenvalue weighted by atomic mass is 16.6. The molecule has 0 saturated carbocycles. The van der Waals surface area contributed by atoms with E-state index in [1.165, 1.54) is 57.8 Å². The van der Waals surface area contributed by atoms with Gasteiger partial charge in [0, 0.05) is 25.2 Å². The van der Waals surface area contributed by atoms with Crippen LogP contribution in [-0.2, 0) is 4.74 Å². The zero-order valence-corrected chi connectivity index (χ0v) is 23.4. The molecule has 0 spiro atoms. The number of piperidine rings is 1. The quantitative estimate of drug-likeness (QED) is 0.249.